The van der Waals surface area contributed by atoms with E-state index in [2.05, 4.69) is 31.7 Å². The number of aromatic nitrogens is 4. The number of nitrogens with one attached hydrogen (secondary N) is 1. The molecular formula is C19H22N6O2S. The van der Waals surface area contributed by atoms with Gasteiger partial charge in [-0.15, -0.1) is 0 Å². The van der Waals surface area contributed by atoms with E-state index in [0.29, 0.717) is 19.4 Å². The van der Waals surface area contributed by atoms with E-state index in [9.17, 15) is 8.42 Å². The lowest BCUT2D eigenvalue weighted by molar-refractivity contribution is 0.101. The number of rotatable bonds is 6. The second-order valence-corrected chi connectivity index (χ2v) is 9.25. The van der Waals surface area contributed by atoms with Crippen molar-refractivity contribution < 1.29 is 8.42 Å². The van der Waals surface area contributed by atoms with Crippen LogP contribution in [0.3, 0.4) is 0 Å². The van der Waals surface area contributed by atoms with E-state index in [1.54, 1.807) is 11.2 Å². The van der Waals surface area contributed by atoms with Crippen molar-refractivity contribution in [1.82, 2.24) is 23.8 Å². The molecule has 0 bridgehead atoms. The van der Waals surface area contributed by atoms with E-state index < -0.39 is 10.0 Å². The molecule has 4 heterocycles. The van der Waals surface area contributed by atoms with Gasteiger partial charge in [0.15, 0.2) is 0 Å². The largest absolute Gasteiger partial charge is 0.346 e. The molecule has 0 aliphatic carbocycles. The van der Waals surface area contributed by atoms with E-state index >= 15 is 0 Å². The standard InChI is InChI=1S/C19H22N6O2S/c1-3-28(26,27)25-11-17(16(25)5-4-7-20)24-10-14(9-13(24)2)18-15-6-8-21-19(15)23-12-22-18/h6,8-10,12,16-17H,3-5,11H2,1-2H3,(H,21,22,23). The molecule has 28 heavy (non-hydrogen) atoms. The molecule has 0 aromatic carbocycles. The van der Waals surface area contributed by atoms with Gasteiger partial charge in [0.25, 0.3) is 0 Å². The molecule has 0 amide bonds. The number of hydrogen-bond donors (Lipinski definition) is 1. The fourth-order valence-corrected chi connectivity index (χ4v) is 5.35. The summed E-state index contributed by atoms with van der Waals surface area (Å²) in [6.45, 7) is 4.10. The van der Waals surface area contributed by atoms with E-state index in [0.717, 1.165) is 28.0 Å². The van der Waals surface area contributed by atoms with Gasteiger partial charge in [0.1, 0.15) is 12.0 Å². The minimum Gasteiger partial charge on any atom is -0.346 e. The van der Waals surface area contributed by atoms with Gasteiger partial charge in [0.2, 0.25) is 10.0 Å². The molecule has 1 fully saturated rings. The highest BCUT2D eigenvalue weighted by atomic mass is 32.2. The molecule has 2 unspecified atom stereocenters. The summed E-state index contributed by atoms with van der Waals surface area (Å²) in [5.41, 5.74) is 3.64. The van der Waals surface area contributed by atoms with Gasteiger partial charge in [-0.25, -0.2) is 18.4 Å². The van der Waals surface area contributed by atoms with Gasteiger partial charge in [-0.2, -0.15) is 9.57 Å². The zero-order valence-electron chi connectivity index (χ0n) is 15.8. The predicted molar refractivity (Wildman–Crippen MR) is 106 cm³/mol. The summed E-state index contributed by atoms with van der Waals surface area (Å²) in [5, 5.41) is 9.93. The molecule has 9 heteroatoms. The highest BCUT2D eigenvalue weighted by molar-refractivity contribution is 7.89. The maximum Gasteiger partial charge on any atom is 0.214 e. The molecule has 8 nitrogen and oxygen atoms in total. The Hall–Kier alpha value is -2.70. The molecule has 0 saturated carbocycles. The van der Waals surface area contributed by atoms with Gasteiger partial charge in [0, 0.05) is 48.0 Å². The van der Waals surface area contributed by atoms with Gasteiger partial charge in [-0.1, -0.05) is 0 Å². The highest BCUT2D eigenvalue weighted by Crippen LogP contribution is 2.38. The van der Waals surface area contributed by atoms with Crippen LogP contribution in [0.5, 0.6) is 0 Å². The molecule has 0 spiro atoms. The first-order valence-electron chi connectivity index (χ1n) is 9.29. The fourth-order valence-electron chi connectivity index (χ4n) is 3.98. The van der Waals surface area contributed by atoms with Crippen molar-refractivity contribution in [3.05, 3.63) is 36.5 Å². The normalized spacial score (nSPS) is 20.2. The minimum atomic E-state index is -3.28. The smallest absolute Gasteiger partial charge is 0.214 e. The summed E-state index contributed by atoms with van der Waals surface area (Å²) in [4.78, 5) is 11.8. The minimum absolute atomic E-state index is 0.0203. The first-order chi connectivity index (χ1) is 13.5. The van der Waals surface area contributed by atoms with E-state index in [-0.39, 0.29) is 17.8 Å². The molecule has 1 aliphatic heterocycles. The first kappa shape index (κ1) is 18.7. The summed E-state index contributed by atoms with van der Waals surface area (Å²) in [7, 11) is -3.28. The number of sulfonamides is 1. The zero-order valence-corrected chi connectivity index (χ0v) is 16.6. The number of aromatic amines is 1. The Kier molecular flexibility index (Phi) is 4.69. The molecule has 3 aromatic rings. The van der Waals surface area contributed by atoms with Crippen LogP contribution in [0.25, 0.3) is 22.3 Å². The highest BCUT2D eigenvalue weighted by Gasteiger charge is 2.45. The Balaban J connectivity index is 1.68. The molecular weight excluding hydrogens is 376 g/mol. The summed E-state index contributed by atoms with van der Waals surface area (Å²) in [6.07, 6.45) is 6.27. The third-order valence-corrected chi connectivity index (χ3v) is 7.35. The van der Waals surface area contributed by atoms with E-state index in [4.69, 9.17) is 5.26 Å². The second-order valence-electron chi connectivity index (χ2n) is 7.04. The molecule has 3 aromatic heterocycles. The van der Waals surface area contributed by atoms with Crippen molar-refractivity contribution in [1.29, 1.82) is 5.26 Å². The predicted octanol–water partition coefficient (Wildman–Crippen LogP) is 2.61. The lowest BCUT2D eigenvalue weighted by Gasteiger charge is -2.47. The number of aryl methyl sites for hydroxylation is 1. The van der Waals surface area contributed by atoms with Crippen LogP contribution >= 0.6 is 0 Å². The topological polar surface area (TPSA) is 108 Å². The first-order valence-corrected chi connectivity index (χ1v) is 10.9. The molecule has 1 aliphatic rings. The number of hydrogen-bond acceptors (Lipinski definition) is 5. The SMILES string of the molecule is CCS(=O)(=O)N1CC(n2cc(-c3ncnc4[nH]ccc34)cc2C)C1CCC#N. The molecule has 146 valence electrons. The van der Waals surface area contributed by atoms with E-state index in [1.807, 2.05) is 25.4 Å². The van der Waals surface area contributed by atoms with Gasteiger partial charge in [-0.05, 0) is 32.4 Å². The number of fused-ring (bicyclic) bond motifs is 1. The lowest BCUT2D eigenvalue weighted by atomic mass is 9.95. The van der Waals surface area contributed by atoms with Crippen molar-refractivity contribution in [2.75, 3.05) is 12.3 Å². The Labute approximate surface area is 163 Å². The molecule has 2 atom stereocenters. The Bertz CT molecular complexity index is 1160. The zero-order chi connectivity index (χ0) is 19.9. The van der Waals surface area contributed by atoms with E-state index in [1.165, 1.54) is 6.33 Å². The molecule has 1 saturated heterocycles. The van der Waals surface area contributed by atoms with Gasteiger partial charge < -0.3 is 9.55 Å². The fraction of sp³-hybridized carbons (Fsp3) is 0.421. The summed E-state index contributed by atoms with van der Waals surface area (Å²) in [6, 6.07) is 5.98. The molecule has 4 rings (SSSR count). The van der Waals surface area contributed by atoms with Crippen LogP contribution in [0.2, 0.25) is 0 Å². The quantitative estimate of drug-likeness (QED) is 0.687. The Morgan fingerprint density at radius 2 is 2.21 bits per heavy atom. The van der Waals surface area contributed by atoms with Gasteiger partial charge in [-0.3, -0.25) is 0 Å². The Morgan fingerprint density at radius 3 is 2.96 bits per heavy atom. The molecule has 0 radical (unpaired) electrons. The van der Waals surface area contributed by atoms with Crippen molar-refractivity contribution >= 4 is 21.1 Å². The average molecular weight is 398 g/mol. The van der Waals surface area contributed by atoms with Crippen LogP contribution in [0, 0.1) is 18.3 Å². The summed E-state index contributed by atoms with van der Waals surface area (Å²) in [5.74, 6) is 0.0745. The van der Waals surface area contributed by atoms with Crippen molar-refractivity contribution in [2.45, 2.75) is 38.8 Å². The van der Waals surface area contributed by atoms with Gasteiger partial charge >= 0.3 is 0 Å². The summed E-state index contributed by atoms with van der Waals surface area (Å²) >= 11 is 0. The summed E-state index contributed by atoms with van der Waals surface area (Å²) < 4.78 is 28.4. The van der Waals surface area contributed by atoms with Crippen LogP contribution in [0.4, 0.5) is 0 Å². The number of nitriles is 1. The Morgan fingerprint density at radius 1 is 1.39 bits per heavy atom. The monoisotopic (exact) mass is 398 g/mol. The third-order valence-electron chi connectivity index (χ3n) is 5.49. The molecule has 1 N–H and O–H groups in total. The van der Waals surface area contributed by atoms with Crippen LogP contribution in [-0.4, -0.2) is 50.6 Å². The number of H-pyrrole nitrogens is 1. The van der Waals surface area contributed by atoms with Crippen molar-refractivity contribution in [2.24, 2.45) is 0 Å². The van der Waals surface area contributed by atoms with Gasteiger partial charge in [0.05, 0.1) is 23.6 Å². The maximum atomic E-state index is 12.4. The van der Waals surface area contributed by atoms with Crippen LogP contribution < -0.4 is 0 Å². The van der Waals surface area contributed by atoms with Crippen LogP contribution in [0.15, 0.2) is 30.9 Å². The van der Waals surface area contributed by atoms with Crippen LogP contribution in [-0.2, 0) is 10.0 Å². The van der Waals surface area contributed by atoms with Crippen molar-refractivity contribution in [3.63, 3.8) is 0 Å². The maximum absolute atomic E-state index is 12.4. The third kappa shape index (κ3) is 2.99. The van der Waals surface area contributed by atoms with Crippen molar-refractivity contribution in [3.8, 4) is 17.3 Å². The average Bonchev–Trinajstić information content (AvgIpc) is 3.28. The van der Waals surface area contributed by atoms with Crippen LogP contribution in [0.1, 0.15) is 31.5 Å². The number of nitrogens with zero attached hydrogens (tertiary/aromatic N) is 5. The second kappa shape index (κ2) is 7.04. The lowest BCUT2D eigenvalue weighted by Crippen LogP contribution is -2.59.